The zero-order chi connectivity index (χ0) is 31.5. The monoisotopic (exact) mass is 785 g/mol. The van der Waals surface area contributed by atoms with E-state index >= 15 is 0 Å². The molecule has 0 unspecified atom stereocenters. The van der Waals surface area contributed by atoms with Crippen LogP contribution in [-0.2, 0) is 34.2 Å². The van der Waals surface area contributed by atoms with E-state index in [4.69, 9.17) is 5.11 Å². The Bertz CT molecular complexity index is 2380. The Morgan fingerprint density at radius 1 is 0.674 bits per heavy atom. The van der Waals surface area contributed by atoms with Crippen LogP contribution in [0.1, 0.15) is 10.5 Å². The van der Waals surface area contributed by atoms with Crippen LogP contribution in [0.25, 0.3) is 54.6 Å². The second-order valence-corrected chi connectivity index (χ2v) is 9.94. The average molecular weight is 785 g/mol. The van der Waals surface area contributed by atoms with E-state index in [2.05, 4.69) is 32.1 Å². The summed E-state index contributed by atoms with van der Waals surface area (Å²) in [6, 6.07) is 31.6. The van der Waals surface area contributed by atoms with Crippen LogP contribution in [0, 0.1) is 12.1 Å². The molecule has 5 heterocycles. The number of hydrogen-bond donors (Lipinski definition) is 1. The molecule has 0 bridgehead atoms. The molecule has 1 N–H and O–H groups in total. The van der Waals surface area contributed by atoms with Gasteiger partial charge >= 0.3 is 5.97 Å². The van der Waals surface area contributed by atoms with Crippen molar-refractivity contribution in [3.05, 3.63) is 142 Å². The predicted molar refractivity (Wildman–Crippen MR) is 173 cm³/mol. The minimum Gasteiger partial charge on any atom is -0.476 e. The minimum atomic E-state index is -1.06. The Morgan fingerprint density at radius 3 is 1.67 bits per heavy atom. The predicted octanol–water partition coefficient (Wildman–Crippen LogP) is 5.10. The second-order valence-electron chi connectivity index (χ2n) is 9.94. The molecule has 0 atom stereocenters. The van der Waals surface area contributed by atoms with Crippen molar-refractivity contribution in [2.75, 3.05) is 0 Å². The molecule has 0 fully saturated rings. The minimum absolute atomic E-state index is 0. The zero-order valence-electron chi connectivity index (χ0n) is 24.5. The van der Waals surface area contributed by atoms with Crippen LogP contribution >= 0.6 is 0 Å². The first-order valence-corrected chi connectivity index (χ1v) is 13.8. The number of hydrogen-bond acceptors (Lipinski definition) is 7. The fourth-order valence-electron chi connectivity index (χ4n) is 4.98. The number of para-hydroxylation sites is 2. The number of aryl methyl sites for hydroxylation is 2. The summed E-state index contributed by atoms with van der Waals surface area (Å²) in [5, 5.41) is 11.6. The van der Waals surface area contributed by atoms with Crippen molar-refractivity contribution in [3.63, 3.8) is 0 Å². The number of fused-ring (bicyclic) bond motifs is 7. The van der Waals surface area contributed by atoms with Crippen molar-refractivity contribution in [1.29, 1.82) is 0 Å². The summed E-state index contributed by atoms with van der Waals surface area (Å²) in [7, 11) is 3.53. The van der Waals surface area contributed by atoms with Crippen LogP contribution in [-0.4, -0.2) is 40.1 Å². The van der Waals surface area contributed by atoms with Gasteiger partial charge in [-0.1, -0.05) is 12.1 Å². The van der Waals surface area contributed by atoms with E-state index in [1.807, 2.05) is 54.6 Å². The number of benzene rings is 3. The molecule has 0 amide bonds. The molecule has 0 saturated heterocycles. The molecule has 0 aliphatic rings. The van der Waals surface area contributed by atoms with Crippen molar-refractivity contribution in [2.45, 2.75) is 0 Å². The Kier molecular flexibility index (Phi) is 9.36. The summed E-state index contributed by atoms with van der Waals surface area (Å²) in [4.78, 5) is 51.2. The van der Waals surface area contributed by atoms with Gasteiger partial charge in [0.1, 0.15) is 0 Å². The molecule has 8 aromatic rings. The van der Waals surface area contributed by atoms with Crippen molar-refractivity contribution in [2.24, 2.45) is 14.1 Å². The molecular weight excluding hydrogens is 761 g/mol. The fraction of sp³-hybridized carbons (Fsp3) is 0.0571. The maximum Gasteiger partial charge on any atom is 0.356 e. The Morgan fingerprint density at radius 2 is 1.17 bits per heavy atom. The van der Waals surface area contributed by atoms with Gasteiger partial charge in [-0.2, -0.15) is 0 Å². The summed E-state index contributed by atoms with van der Waals surface area (Å²) in [6.07, 6.45) is 4.71. The van der Waals surface area contributed by atoms with Crippen LogP contribution in [0.2, 0.25) is 0 Å². The number of carbonyl (C=O) groups is 1. The number of carboxylic acid groups (broad SMARTS) is 1. The van der Waals surface area contributed by atoms with E-state index in [1.54, 1.807) is 66.0 Å². The van der Waals surface area contributed by atoms with Crippen molar-refractivity contribution in [3.8, 4) is 0 Å². The molecule has 46 heavy (non-hydrogen) atoms. The zero-order valence-corrected chi connectivity index (χ0v) is 26.9. The van der Waals surface area contributed by atoms with Crippen LogP contribution < -0.4 is 11.1 Å². The number of nitrogens with zero attached hydrogens (tertiary/aromatic N) is 6. The van der Waals surface area contributed by atoms with Gasteiger partial charge in [-0.05, 0) is 47.2 Å². The molecule has 0 saturated carbocycles. The molecule has 5 aromatic heterocycles. The summed E-state index contributed by atoms with van der Waals surface area (Å²) < 4.78 is 3.25. The van der Waals surface area contributed by atoms with Gasteiger partial charge in [0.15, 0.2) is 5.69 Å². The molecule has 0 spiro atoms. The van der Waals surface area contributed by atoms with Gasteiger partial charge in [0.05, 0.1) is 17.2 Å². The first-order valence-electron chi connectivity index (χ1n) is 13.8. The van der Waals surface area contributed by atoms with E-state index in [0.717, 1.165) is 32.8 Å². The van der Waals surface area contributed by atoms with Gasteiger partial charge in [0, 0.05) is 68.7 Å². The topological polar surface area (TPSA) is 133 Å². The summed E-state index contributed by atoms with van der Waals surface area (Å²) in [5.41, 5.74) is 4.57. The summed E-state index contributed by atoms with van der Waals surface area (Å²) in [6.45, 7) is 0. The van der Waals surface area contributed by atoms with Gasteiger partial charge < -0.3 is 24.2 Å². The van der Waals surface area contributed by atoms with Gasteiger partial charge in [-0.15, -0.1) is 59.3 Å². The maximum atomic E-state index is 12.1. The molecule has 0 aliphatic heterocycles. The smallest absolute Gasteiger partial charge is 0.356 e. The number of aromatic nitrogens is 6. The van der Waals surface area contributed by atoms with Crippen molar-refractivity contribution < 1.29 is 30.0 Å². The number of aromatic carboxylic acids is 1. The van der Waals surface area contributed by atoms with Crippen LogP contribution in [0.3, 0.4) is 0 Å². The van der Waals surface area contributed by atoms with Gasteiger partial charge in [-0.3, -0.25) is 14.6 Å². The molecule has 1 radical (unpaired) electrons. The average Bonchev–Trinajstić information content (AvgIpc) is 3.10. The third kappa shape index (κ3) is 6.01. The van der Waals surface area contributed by atoms with E-state index in [1.165, 1.54) is 6.20 Å². The molecule has 10 nitrogen and oxygen atoms in total. The maximum absolute atomic E-state index is 12.1. The molecular formula is C35H24IrN6O4-2. The fourth-order valence-corrected chi connectivity index (χ4v) is 4.98. The molecule has 229 valence electrons. The van der Waals surface area contributed by atoms with E-state index in [0.29, 0.717) is 21.8 Å². The third-order valence-corrected chi connectivity index (χ3v) is 7.22. The second kappa shape index (κ2) is 13.6. The summed E-state index contributed by atoms with van der Waals surface area (Å²) >= 11 is 0. The van der Waals surface area contributed by atoms with Crippen molar-refractivity contribution in [1.82, 2.24) is 29.1 Å². The van der Waals surface area contributed by atoms with E-state index in [-0.39, 0.29) is 36.9 Å². The number of pyridine rings is 4. The third-order valence-electron chi connectivity index (χ3n) is 7.22. The Labute approximate surface area is 275 Å². The Balaban J connectivity index is 0.000000135. The molecule has 3 aromatic carbocycles. The largest absolute Gasteiger partial charge is 0.476 e. The van der Waals surface area contributed by atoms with Crippen LogP contribution in [0.15, 0.2) is 113 Å². The first kappa shape index (κ1) is 31.8. The number of rotatable bonds is 1. The first-order chi connectivity index (χ1) is 21.8. The molecule has 8 rings (SSSR count). The van der Waals surface area contributed by atoms with Crippen LogP contribution in [0.5, 0.6) is 0 Å². The van der Waals surface area contributed by atoms with E-state index in [9.17, 15) is 14.4 Å². The van der Waals surface area contributed by atoms with Gasteiger partial charge in [0.2, 0.25) is 11.1 Å². The van der Waals surface area contributed by atoms with Gasteiger partial charge in [0.25, 0.3) is 0 Å². The normalized spacial score (nSPS) is 10.6. The summed E-state index contributed by atoms with van der Waals surface area (Å²) in [5.74, 6) is -1.06. The molecule has 11 heteroatoms. The molecule has 0 aliphatic carbocycles. The SMILES string of the molecule is Cn1c(=O)c2ccc[c-]c2c2ncccc21.Cn1c(=O)c2ccc[c-]c2c2ncccc21.O=C(O)c1cnc2ccccc2n1.[Ir]. The van der Waals surface area contributed by atoms with Crippen LogP contribution in [0.4, 0.5) is 0 Å². The number of carboxylic acids is 1. The van der Waals surface area contributed by atoms with E-state index < -0.39 is 5.97 Å². The van der Waals surface area contributed by atoms with Crippen molar-refractivity contribution >= 4 is 60.6 Å². The Hall–Kier alpha value is -5.64. The van der Waals surface area contributed by atoms with Gasteiger partial charge in [-0.25, -0.2) is 9.78 Å². The standard InChI is InChI=1S/2C13H9N2O.C9H6N2O2.Ir/c2*1-15-11-7-4-8-14-12(11)9-5-2-3-6-10(9)13(15)16;12-9(13)8-5-10-6-3-1-2-4-7(6)11-8;/h2*2-4,6-8H,1H3;1-5H,(H,12,13);/q2*-1;;. The quantitative estimate of drug-likeness (QED) is 0.180.